The Bertz CT molecular complexity index is 961. The van der Waals surface area contributed by atoms with Crippen LogP contribution in [0.15, 0.2) is 48.5 Å². The number of carbonyl (C=O) groups excluding carboxylic acids is 1. The van der Waals surface area contributed by atoms with Crippen molar-refractivity contribution in [1.29, 1.82) is 0 Å². The number of hydrogen-bond acceptors (Lipinski definition) is 3. The molecular formula is C28H37N3O2. The van der Waals surface area contributed by atoms with E-state index in [4.69, 9.17) is 4.74 Å². The molecule has 0 saturated carbocycles. The first kappa shape index (κ1) is 22.3. The maximum atomic E-state index is 13.2. The Morgan fingerprint density at radius 2 is 2.00 bits per heavy atom. The van der Waals surface area contributed by atoms with Crippen molar-refractivity contribution in [3.05, 3.63) is 65.2 Å². The number of piperidine rings is 2. The fourth-order valence-electron chi connectivity index (χ4n) is 6.09. The first-order valence-electron chi connectivity index (χ1n) is 12.7. The van der Waals surface area contributed by atoms with Crippen LogP contribution in [-0.2, 0) is 12.8 Å². The summed E-state index contributed by atoms with van der Waals surface area (Å²) in [6.07, 6.45) is 5.53. The molecular weight excluding hydrogens is 410 g/mol. The molecule has 3 heterocycles. The van der Waals surface area contributed by atoms with E-state index in [2.05, 4.69) is 71.4 Å². The van der Waals surface area contributed by atoms with Gasteiger partial charge in [-0.15, -0.1) is 0 Å². The number of amides is 2. The molecule has 0 unspecified atom stereocenters. The molecule has 2 saturated heterocycles. The van der Waals surface area contributed by atoms with E-state index in [1.54, 1.807) is 0 Å². The first-order chi connectivity index (χ1) is 16.1. The van der Waals surface area contributed by atoms with E-state index in [-0.39, 0.29) is 12.1 Å². The van der Waals surface area contributed by atoms with Crippen LogP contribution in [0.4, 0.5) is 4.79 Å². The van der Waals surface area contributed by atoms with Gasteiger partial charge in [-0.1, -0.05) is 36.4 Å². The Kier molecular flexibility index (Phi) is 6.59. The molecule has 1 N–H and O–H groups in total. The summed E-state index contributed by atoms with van der Waals surface area (Å²) in [5.41, 5.74) is 4.12. The third-order valence-electron chi connectivity index (χ3n) is 7.60. The van der Waals surface area contributed by atoms with Crippen molar-refractivity contribution in [2.45, 2.75) is 64.1 Å². The highest BCUT2D eigenvalue weighted by atomic mass is 16.5. The number of fused-ring (bicyclic) bond motifs is 4. The standard InChI is InChI=1S/C28H37N3O2/c1-20(2)33-24-10-11-25-22(17-24)13-16-30-19-23-9-6-15-31(26(23)18-27(25)30)28(32)29-14-12-21-7-4-3-5-8-21/h3-5,7-8,10-11,17,20,23,26-27H,6,9,12-16,18-19H2,1-2H3,(H,29,32)/t23-,26+,27+/m0/s1. The van der Waals surface area contributed by atoms with Crippen molar-refractivity contribution in [2.24, 2.45) is 5.92 Å². The zero-order valence-corrected chi connectivity index (χ0v) is 20.0. The smallest absolute Gasteiger partial charge is 0.317 e. The summed E-state index contributed by atoms with van der Waals surface area (Å²) in [6.45, 7) is 7.92. The molecule has 0 radical (unpaired) electrons. The molecule has 2 aromatic rings. The van der Waals surface area contributed by atoms with Crippen LogP contribution < -0.4 is 10.1 Å². The number of urea groups is 1. The van der Waals surface area contributed by atoms with Crippen LogP contribution in [0.2, 0.25) is 0 Å². The van der Waals surface area contributed by atoms with Crippen LogP contribution in [-0.4, -0.2) is 54.2 Å². The second kappa shape index (κ2) is 9.76. The van der Waals surface area contributed by atoms with Crippen LogP contribution in [0, 0.1) is 5.92 Å². The number of nitrogens with one attached hydrogen (secondary N) is 1. The third kappa shape index (κ3) is 4.89. The van der Waals surface area contributed by atoms with Gasteiger partial charge in [0.25, 0.3) is 0 Å². The Morgan fingerprint density at radius 1 is 1.15 bits per heavy atom. The van der Waals surface area contributed by atoms with Crippen molar-refractivity contribution < 1.29 is 9.53 Å². The molecule has 0 aromatic heterocycles. The average Bonchev–Trinajstić information content (AvgIpc) is 2.82. The SMILES string of the molecule is CC(C)Oc1ccc2c(c1)CCN1C[C@@H]3CCCN(C(=O)NCCc4ccccc4)[C@@H]3C[C@H]21. The van der Waals surface area contributed by atoms with Crippen molar-refractivity contribution in [3.8, 4) is 5.75 Å². The lowest BCUT2D eigenvalue weighted by atomic mass is 9.76. The Morgan fingerprint density at radius 3 is 2.82 bits per heavy atom. The van der Waals surface area contributed by atoms with E-state index in [0.29, 0.717) is 24.5 Å². The molecule has 3 atom stereocenters. The molecule has 5 nitrogen and oxygen atoms in total. The maximum absolute atomic E-state index is 13.2. The molecule has 2 fully saturated rings. The number of benzene rings is 2. The van der Waals surface area contributed by atoms with Gasteiger partial charge < -0.3 is 15.0 Å². The molecule has 176 valence electrons. The molecule has 0 bridgehead atoms. The first-order valence-corrected chi connectivity index (χ1v) is 12.7. The Labute approximate surface area is 198 Å². The zero-order chi connectivity index (χ0) is 22.8. The van der Waals surface area contributed by atoms with Crippen molar-refractivity contribution >= 4 is 6.03 Å². The molecule has 0 spiro atoms. The van der Waals surface area contributed by atoms with Crippen LogP contribution in [0.25, 0.3) is 0 Å². The predicted octanol–water partition coefficient (Wildman–Crippen LogP) is 4.81. The summed E-state index contributed by atoms with van der Waals surface area (Å²) in [6, 6.07) is 17.9. The summed E-state index contributed by atoms with van der Waals surface area (Å²) in [4.78, 5) is 18.0. The molecule has 2 aromatic carbocycles. The van der Waals surface area contributed by atoms with Gasteiger partial charge in [-0.05, 0) is 80.7 Å². The summed E-state index contributed by atoms with van der Waals surface area (Å²) in [5, 5.41) is 3.21. The van der Waals surface area contributed by atoms with E-state index in [1.807, 2.05) is 6.07 Å². The minimum atomic E-state index is 0.116. The molecule has 3 aliphatic rings. The van der Waals surface area contributed by atoms with Gasteiger partial charge in [-0.2, -0.15) is 0 Å². The topological polar surface area (TPSA) is 44.8 Å². The Hall–Kier alpha value is -2.53. The highest BCUT2D eigenvalue weighted by Crippen LogP contribution is 2.43. The molecule has 5 rings (SSSR count). The van der Waals surface area contributed by atoms with E-state index in [0.717, 1.165) is 51.1 Å². The summed E-state index contributed by atoms with van der Waals surface area (Å²) < 4.78 is 5.95. The van der Waals surface area contributed by atoms with E-state index in [9.17, 15) is 4.79 Å². The summed E-state index contributed by atoms with van der Waals surface area (Å²) in [5.74, 6) is 1.56. The molecule has 5 heteroatoms. The molecule has 0 aliphatic carbocycles. The van der Waals surface area contributed by atoms with Gasteiger partial charge in [-0.25, -0.2) is 4.79 Å². The lowest BCUT2D eigenvalue weighted by Gasteiger charge is -2.52. The monoisotopic (exact) mass is 447 g/mol. The molecule has 33 heavy (non-hydrogen) atoms. The normalized spacial score (nSPS) is 24.6. The van der Waals surface area contributed by atoms with Crippen LogP contribution >= 0.6 is 0 Å². The van der Waals surface area contributed by atoms with Gasteiger partial charge in [0.15, 0.2) is 0 Å². The summed E-state index contributed by atoms with van der Waals surface area (Å²) in [7, 11) is 0. The maximum Gasteiger partial charge on any atom is 0.317 e. The van der Waals surface area contributed by atoms with E-state index >= 15 is 0 Å². The second-order valence-electron chi connectivity index (χ2n) is 10.2. The largest absolute Gasteiger partial charge is 0.491 e. The molecule has 3 aliphatic heterocycles. The quantitative estimate of drug-likeness (QED) is 0.715. The number of carbonyl (C=O) groups is 1. The minimum absolute atomic E-state index is 0.116. The lowest BCUT2D eigenvalue weighted by Crippen LogP contribution is -2.59. The number of hydrogen-bond donors (Lipinski definition) is 1. The van der Waals surface area contributed by atoms with Gasteiger partial charge in [0.05, 0.1) is 6.10 Å². The number of likely N-dealkylation sites (tertiary alicyclic amines) is 1. The van der Waals surface area contributed by atoms with Crippen LogP contribution in [0.5, 0.6) is 5.75 Å². The van der Waals surface area contributed by atoms with Crippen LogP contribution in [0.3, 0.4) is 0 Å². The van der Waals surface area contributed by atoms with E-state index in [1.165, 1.54) is 23.1 Å². The van der Waals surface area contributed by atoms with Crippen LogP contribution in [0.1, 0.15) is 55.8 Å². The van der Waals surface area contributed by atoms with Gasteiger partial charge in [0.1, 0.15) is 5.75 Å². The zero-order valence-electron chi connectivity index (χ0n) is 20.0. The van der Waals surface area contributed by atoms with Gasteiger partial charge in [-0.3, -0.25) is 4.90 Å². The van der Waals surface area contributed by atoms with Crippen molar-refractivity contribution in [2.75, 3.05) is 26.2 Å². The average molecular weight is 448 g/mol. The highest BCUT2D eigenvalue weighted by Gasteiger charge is 2.43. The lowest BCUT2D eigenvalue weighted by molar-refractivity contribution is 0.00574. The fraction of sp³-hybridized carbons (Fsp3) is 0.536. The number of ether oxygens (including phenoxy) is 1. The van der Waals surface area contributed by atoms with Gasteiger partial charge in [0, 0.05) is 38.3 Å². The predicted molar refractivity (Wildman–Crippen MR) is 132 cm³/mol. The minimum Gasteiger partial charge on any atom is -0.491 e. The van der Waals surface area contributed by atoms with Crippen molar-refractivity contribution in [1.82, 2.24) is 15.1 Å². The molecule has 2 amide bonds. The number of nitrogens with zero attached hydrogens (tertiary/aromatic N) is 2. The fourth-order valence-corrected chi connectivity index (χ4v) is 6.09. The van der Waals surface area contributed by atoms with Gasteiger partial charge >= 0.3 is 6.03 Å². The van der Waals surface area contributed by atoms with E-state index < -0.39 is 0 Å². The number of rotatable bonds is 5. The summed E-state index contributed by atoms with van der Waals surface area (Å²) >= 11 is 0. The Balaban J connectivity index is 1.27. The van der Waals surface area contributed by atoms with Crippen molar-refractivity contribution in [3.63, 3.8) is 0 Å². The second-order valence-corrected chi connectivity index (χ2v) is 10.2. The van der Waals surface area contributed by atoms with Gasteiger partial charge in [0.2, 0.25) is 0 Å². The third-order valence-corrected chi connectivity index (χ3v) is 7.60. The highest BCUT2D eigenvalue weighted by molar-refractivity contribution is 5.74.